The van der Waals surface area contributed by atoms with Crippen molar-refractivity contribution >= 4 is 11.6 Å². The molecule has 1 fully saturated rings. The summed E-state index contributed by atoms with van der Waals surface area (Å²) in [5.41, 5.74) is 0.344. The number of aliphatic hydroxyl groups excluding tert-OH is 1. The van der Waals surface area contributed by atoms with E-state index in [0.717, 1.165) is 19.3 Å². The minimum Gasteiger partial charge on any atom is -0.388 e. The van der Waals surface area contributed by atoms with Crippen LogP contribution in [0.25, 0.3) is 0 Å². The lowest BCUT2D eigenvalue weighted by Gasteiger charge is -2.30. The average Bonchev–Trinajstić information content (AvgIpc) is 2.31. The molecule has 94 valence electrons. The van der Waals surface area contributed by atoms with Gasteiger partial charge in [0.05, 0.1) is 6.10 Å². The SMILES string of the molecule is CC1CCCC(C(O)c2cc(Cl)ccc2F)C1. The van der Waals surface area contributed by atoms with Crippen molar-refractivity contribution in [3.63, 3.8) is 0 Å². The first kappa shape index (κ1) is 12.8. The minimum absolute atomic E-state index is 0.159. The Hall–Kier alpha value is -0.600. The zero-order chi connectivity index (χ0) is 12.4. The molecule has 0 amide bonds. The summed E-state index contributed by atoms with van der Waals surface area (Å²) in [5, 5.41) is 10.7. The summed E-state index contributed by atoms with van der Waals surface area (Å²) in [6.07, 6.45) is 3.54. The third kappa shape index (κ3) is 2.99. The molecule has 2 rings (SSSR count). The molecule has 17 heavy (non-hydrogen) atoms. The van der Waals surface area contributed by atoms with Crippen LogP contribution in [-0.2, 0) is 0 Å². The van der Waals surface area contributed by atoms with Gasteiger partial charge in [-0.1, -0.05) is 31.4 Å². The molecule has 1 aliphatic rings. The highest BCUT2D eigenvalue weighted by Crippen LogP contribution is 2.38. The third-order valence-electron chi connectivity index (χ3n) is 3.70. The largest absolute Gasteiger partial charge is 0.388 e. The van der Waals surface area contributed by atoms with E-state index < -0.39 is 6.10 Å². The third-order valence-corrected chi connectivity index (χ3v) is 3.94. The van der Waals surface area contributed by atoms with Crippen LogP contribution in [0.3, 0.4) is 0 Å². The molecule has 1 saturated carbocycles. The van der Waals surface area contributed by atoms with Gasteiger partial charge in [-0.3, -0.25) is 0 Å². The molecule has 1 aliphatic carbocycles. The summed E-state index contributed by atoms with van der Waals surface area (Å²) in [6.45, 7) is 2.19. The van der Waals surface area contributed by atoms with Gasteiger partial charge in [-0.25, -0.2) is 4.39 Å². The molecular formula is C14H18ClFO. The fraction of sp³-hybridized carbons (Fsp3) is 0.571. The van der Waals surface area contributed by atoms with Gasteiger partial charge >= 0.3 is 0 Å². The van der Waals surface area contributed by atoms with E-state index in [1.807, 2.05) is 0 Å². The predicted molar refractivity (Wildman–Crippen MR) is 67.5 cm³/mol. The number of benzene rings is 1. The molecule has 3 unspecified atom stereocenters. The van der Waals surface area contributed by atoms with Gasteiger partial charge in [0.2, 0.25) is 0 Å². The topological polar surface area (TPSA) is 20.2 Å². The molecule has 0 bridgehead atoms. The van der Waals surface area contributed by atoms with Crippen LogP contribution in [0.1, 0.15) is 44.3 Å². The highest BCUT2D eigenvalue weighted by atomic mass is 35.5. The van der Waals surface area contributed by atoms with E-state index in [1.54, 1.807) is 6.07 Å². The smallest absolute Gasteiger partial charge is 0.129 e. The molecule has 0 radical (unpaired) electrons. The zero-order valence-electron chi connectivity index (χ0n) is 10.00. The first-order valence-electron chi connectivity index (χ1n) is 6.21. The standard InChI is InChI=1S/C14H18ClFO/c1-9-3-2-4-10(7-9)14(17)12-8-11(15)5-6-13(12)16/h5-6,8-10,14,17H,2-4,7H2,1H3. The number of aliphatic hydroxyl groups is 1. The maximum absolute atomic E-state index is 13.7. The van der Waals surface area contributed by atoms with Crippen molar-refractivity contribution in [2.45, 2.75) is 38.7 Å². The Labute approximate surface area is 107 Å². The molecule has 0 heterocycles. The van der Waals surface area contributed by atoms with Crippen molar-refractivity contribution in [1.82, 2.24) is 0 Å². The molecule has 3 atom stereocenters. The van der Waals surface area contributed by atoms with Gasteiger partial charge in [0.25, 0.3) is 0 Å². The van der Waals surface area contributed by atoms with E-state index >= 15 is 0 Å². The molecule has 1 aromatic rings. The van der Waals surface area contributed by atoms with Gasteiger partial charge in [0, 0.05) is 10.6 Å². The van der Waals surface area contributed by atoms with Gasteiger partial charge in [0.1, 0.15) is 5.82 Å². The van der Waals surface area contributed by atoms with Gasteiger partial charge in [0.15, 0.2) is 0 Å². The quantitative estimate of drug-likeness (QED) is 0.835. The summed E-state index contributed by atoms with van der Waals surface area (Å²) in [6, 6.07) is 4.38. The Kier molecular flexibility index (Phi) is 4.05. The Morgan fingerprint density at radius 1 is 1.41 bits per heavy atom. The van der Waals surface area contributed by atoms with Crippen LogP contribution in [-0.4, -0.2) is 5.11 Å². The van der Waals surface area contributed by atoms with E-state index in [0.29, 0.717) is 16.5 Å². The number of hydrogen-bond acceptors (Lipinski definition) is 1. The van der Waals surface area contributed by atoms with Crippen molar-refractivity contribution < 1.29 is 9.50 Å². The van der Waals surface area contributed by atoms with Crippen LogP contribution in [0, 0.1) is 17.7 Å². The molecule has 1 nitrogen and oxygen atoms in total. The zero-order valence-corrected chi connectivity index (χ0v) is 10.8. The Morgan fingerprint density at radius 2 is 2.18 bits per heavy atom. The number of rotatable bonds is 2. The second-order valence-electron chi connectivity index (χ2n) is 5.14. The van der Waals surface area contributed by atoms with Crippen molar-refractivity contribution in [3.8, 4) is 0 Å². The number of halogens is 2. The van der Waals surface area contributed by atoms with Crippen molar-refractivity contribution in [2.75, 3.05) is 0 Å². The van der Waals surface area contributed by atoms with Crippen molar-refractivity contribution in [2.24, 2.45) is 11.8 Å². The first-order chi connectivity index (χ1) is 8.08. The van der Waals surface area contributed by atoms with Crippen LogP contribution in [0.4, 0.5) is 4.39 Å². The normalized spacial score (nSPS) is 26.8. The summed E-state index contributed by atoms with van der Waals surface area (Å²) in [5.74, 6) is 0.414. The van der Waals surface area contributed by atoms with Crippen molar-refractivity contribution in [1.29, 1.82) is 0 Å². The number of hydrogen-bond donors (Lipinski definition) is 1. The van der Waals surface area contributed by atoms with E-state index in [4.69, 9.17) is 11.6 Å². The van der Waals surface area contributed by atoms with Gasteiger partial charge in [-0.2, -0.15) is 0 Å². The molecule has 0 aliphatic heterocycles. The molecule has 1 N–H and O–H groups in total. The lowest BCUT2D eigenvalue weighted by molar-refractivity contribution is 0.0685. The van der Waals surface area contributed by atoms with E-state index in [2.05, 4.69) is 6.92 Å². The average molecular weight is 257 g/mol. The summed E-state index contributed by atoms with van der Waals surface area (Å²) in [7, 11) is 0. The molecular weight excluding hydrogens is 239 g/mol. The van der Waals surface area contributed by atoms with Gasteiger partial charge < -0.3 is 5.11 Å². The second kappa shape index (κ2) is 5.36. The maximum Gasteiger partial charge on any atom is 0.129 e. The summed E-state index contributed by atoms with van der Waals surface area (Å²) >= 11 is 5.85. The van der Waals surface area contributed by atoms with Gasteiger partial charge in [-0.05, 0) is 42.9 Å². The van der Waals surface area contributed by atoms with Crippen LogP contribution >= 0.6 is 11.6 Å². The predicted octanol–water partition coefficient (Wildman–Crippen LogP) is 4.34. The summed E-state index contributed by atoms with van der Waals surface area (Å²) in [4.78, 5) is 0. The highest BCUT2D eigenvalue weighted by Gasteiger charge is 2.28. The second-order valence-corrected chi connectivity index (χ2v) is 5.58. The summed E-state index contributed by atoms with van der Waals surface area (Å²) < 4.78 is 13.7. The lowest BCUT2D eigenvalue weighted by Crippen LogP contribution is -2.21. The van der Waals surface area contributed by atoms with Crippen LogP contribution in [0.15, 0.2) is 18.2 Å². The van der Waals surface area contributed by atoms with Crippen LogP contribution < -0.4 is 0 Å². The molecule has 0 spiro atoms. The fourth-order valence-corrected chi connectivity index (χ4v) is 2.94. The van der Waals surface area contributed by atoms with Gasteiger partial charge in [-0.15, -0.1) is 0 Å². The molecule has 0 aromatic heterocycles. The van der Waals surface area contributed by atoms with Crippen molar-refractivity contribution in [3.05, 3.63) is 34.6 Å². The van der Waals surface area contributed by atoms with E-state index in [1.165, 1.54) is 18.6 Å². The minimum atomic E-state index is -0.726. The van der Waals surface area contributed by atoms with E-state index in [-0.39, 0.29) is 11.7 Å². The lowest BCUT2D eigenvalue weighted by atomic mass is 9.78. The molecule has 3 heteroatoms. The highest BCUT2D eigenvalue weighted by molar-refractivity contribution is 6.30. The van der Waals surface area contributed by atoms with E-state index in [9.17, 15) is 9.50 Å². The molecule has 0 saturated heterocycles. The fourth-order valence-electron chi connectivity index (χ4n) is 2.76. The van der Waals surface area contributed by atoms with Crippen LogP contribution in [0.5, 0.6) is 0 Å². The monoisotopic (exact) mass is 256 g/mol. The first-order valence-corrected chi connectivity index (χ1v) is 6.58. The Balaban J connectivity index is 2.18. The Bertz CT molecular complexity index is 394. The van der Waals surface area contributed by atoms with Crippen LogP contribution in [0.2, 0.25) is 5.02 Å². The Morgan fingerprint density at radius 3 is 2.88 bits per heavy atom. The molecule has 1 aromatic carbocycles. The maximum atomic E-state index is 13.7.